The first kappa shape index (κ1) is 33.4. The molecule has 0 spiro atoms. The SMILES string of the molecule is CCCCCC=CCC=CCC=CCC=CCCCC(=O)OCCCCCCCCCCCCC. The van der Waals surface area contributed by atoms with E-state index in [-0.39, 0.29) is 5.97 Å². The van der Waals surface area contributed by atoms with E-state index >= 15 is 0 Å². The summed E-state index contributed by atoms with van der Waals surface area (Å²) in [6.07, 6.45) is 42.9. The van der Waals surface area contributed by atoms with Crippen LogP contribution >= 0.6 is 0 Å². The van der Waals surface area contributed by atoms with E-state index in [4.69, 9.17) is 4.74 Å². The molecule has 202 valence electrons. The highest BCUT2D eigenvalue weighted by molar-refractivity contribution is 5.69. The largest absolute Gasteiger partial charge is 0.466 e. The van der Waals surface area contributed by atoms with E-state index in [1.165, 1.54) is 89.9 Å². The number of esters is 1. The van der Waals surface area contributed by atoms with Crippen molar-refractivity contribution in [3.05, 3.63) is 48.6 Å². The second-order valence-electron chi connectivity index (χ2n) is 9.74. The van der Waals surface area contributed by atoms with Gasteiger partial charge in [-0.25, -0.2) is 0 Å². The van der Waals surface area contributed by atoms with Gasteiger partial charge in [0.2, 0.25) is 0 Å². The predicted molar refractivity (Wildman–Crippen MR) is 156 cm³/mol. The van der Waals surface area contributed by atoms with E-state index in [0.717, 1.165) is 38.5 Å². The van der Waals surface area contributed by atoms with Gasteiger partial charge in [0.1, 0.15) is 0 Å². The van der Waals surface area contributed by atoms with Crippen LogP contribution in [0, 0.1) is 0 Å². The van der Waals surface area contributed by atoms with Gasteiger partial charge >= 0.3 is 5.97 Å². The molecular formula is C33H58O2. The van der Waals surface area contributed by atoms with E-state index in [9.17, 15) is 4.79 Å². The van der Waals surface area contributed by atoms with Crippen LogP contribution < -0.4 is 0 Å². The van der Waals surface area contributed by atoms with Crippen molar-refractivity contribution in [1.82, 2.24) is 0 Å². The molecule has 0 saturated heterocycles. The lowest BCUT2D eigenvalue weighted by Crippen LogP contribution is -2.05. The molecule has 0 amide bonds. The fourth-order valence-electron chi connectivity index (χ4n) is 3.95. The lowest BCUT2D eigenvalue weighted by atomic mass is 10.1. The molecule has 2 heteroatoms. The number of ether oxygens (including phenoxy) is 1. The standard InChI is InChI=1S/C33H58O2/c1-3-5-7-9-11-13-15-16-17-18-19-20-21-23-25-27-29-31-33(34)35-32-30-28-26-24-22-14-12-10-8-6-4-2/h11,13,16-17,19-20,23,25H,3-10,12,14-15,18,21-22,24,26-32H2,1-2H3. The van der Waals surface area contributed by atoms with Gasteiger partial charge in [0.25, 0.3) is 0 Å². The molecular weight excluding hydrogens is 428 g/mol. The summed E-state index contributed by atoms with van der Waals surface area (Å²) < 4.78 is 5.37. The molecule has 0 aromatic carbocycles. The fourth-order valence-corrected chi connectivity index (χ4v) is 3.95. The topological polar surface area (TPSA) is 26.3 Å². The normalized spacial score (nSPS) is 12.2. The summed E-state index contributed by atoms with van der Waals surface area (Å²) in [6.45, 7) is 5.11. The smallest absolute Gasteiger partial charge is 0.305 e. The van der Waals surface area contributed by atoms with Crippen LogP contribution in [0.1, 0.15) is 149 Å². The third-order valence-electron chi connectivity index (χ3n) is 6.22. The van der Waals surface area contributed by atoms with E-state index in [2.05, 4.69) is 62.5 Å². The van der Waals surface area contributed by atoms with Gasteiger partial charge < -0.3 is 4.74 Å². The summed E-state index contributed by atoms with van der Waals surface area (Å²) in [6, 6.07) is 0. The Labute approximate surface area is 219 Å². The highest BCUT2D eigenvalue weighted by atomic mass is 16.5. The number of hydrogen-bond donors (Lipinski definition) is 0. The third-order valence-corrected chi connectivity index (χ3v) is 6.22. The van der Waals surface area contributed by atoms with Crippen molar-refractivity contribution in [1.29, 1.82) is 0 Å². The number of carbonyl (C=O) groups excluding carboxylic acids is 1. The van der Waals surface area contributed by atoms with E-state index in [1.54, 1.807) is 0 Å². The average Bonchev–Trinajstić information content (AvgIpc) is 2.86. The van der Waals surface area contributed by atoms with Crippen LogP contribution in [0.4, 0.5) is 0 Å². The minimum absolute atomic E-state index is 0.0343. The summed E-state index contributed by atoms with van der Waals surface area (Å²) in [7, 11) is 0. The predicted octanol–water partition coefficient (Wildman–Crippen LogP) is 11.0. The maximum atomic E-state index is 11.8. The van der Waals surface area contributed by atoms with Gasteiger partial charge in [0.15, 0.2) is 0 Å². The van der Waals surface area contributed by atoms with Gasteiger partial charge in [-0.3, -0.25) is 4.79 Å². The molecule has 0 aliphatic rings. The van der Waals surface area contributed by atoms with Crippen LogP contribution in [0.5, 0.6) is 0 Å². The number of allylic oxidation sites excluding steroid dienone is 8. The van der Waals surface area contributed by atoms with Crippen molar-refractivity contribution in [2.75, 3.05) is 6.61 Å². The maximum Gasteiger partial charge on any atom is 0.305 e. The van der Waals surface area contributed by atoms with E-state index in [1.807, 2.05) is 0 Å². The molecule has 0 fully saturated rings. The molecule has 0 rings (SSSR count). The van der Waals surface area contributed by atoms with Gasteiger partial charge in [0.05, 0.1) is 6.61 Å². The van der Waals surface area contributed by atoms with Crippen molar-refractivity contribution < 1.29 is 9.53 Å². The van der Waals surface area contributed by atoms with Gasteiger partial charge in [-0.2, -0.15) is 0 Å². The second-order valence-corrected chi connectivity index (χ2v) is 9.74. The Balaban J connectivity index is 3.38. The molecule has 0 heterocycles. The Kier molecular flexibility index (Phi) is 29.1. The highest BCUT2D eigenvalue weighted by Gasteiger charge is 2.01. The van der Waals surface area contributed by atoms with Gasteiger partial charge in [-0.15, -0.1) is 0 Å². The Hall–Kier alpha value is -1.57. The van der Waals surface area contributed by atoms with Gasteiger partial charge in [0, 0.05) is 6.42 Å². The molecule has 35 heavy (non-hydrogen) atoms. The lowest BCUT2D eigenvalue weighted by molar-refractivity contribution is -0.143. The first-order valence-electron chi connectivity index (χ1n) is 15.1. The van der Waals surface area contributed by atoms with Crippen molar-refractivity contribution in [3.8, 4) is 0 Å². The number of carbonyl (C=O) groups is 1. The van der Waals surface area contributed by atoms with Crippen molar-refractivity contribution >= 4 is 5.97 Å². The molecule has 0 aromatic rings. The molecule has 0 N–H and O–H groups in total. The van der Waals surface area contributed by atoms with Crippen LogP contribution in [0.15, 0.2) is 48.6 Å². The average molecular weight is 487 g/mol. The first-order chi connectivity index (χ1) is 17.3. The molecule has 0 aromatic heterocycles. The zero-order valence-corrected chi connectivity index (χ0v) is 23.5. The number of rotatable bonds is 26. The molecule has 0 aliphatic heterocycles. The summed E-state index contributed by atoms with van der Waals surface area (Å²) in [5, 5.41) is 0. The minimum atomic E-state index is -0.0343. The molecule has 0 bridgehead atoms. The maximum absolute atomic E-state index is 11.8. The van der Waals surface area contributed by atoms with Crippen LogP contribution in [-0.4, -0.2) is 12.6 Å². The zero-order valence-electron chi connectivity index (χ0n) is 23.5. The van der Waals surface area contributed by atoms with Crippen molar-refractivity contribution in [2.45, 2.75) is 149 Å². The Bertz CT molecular complexity index is 541. The Morgan fingerprint density at radius 3 is 1.40 bits per heavy atom. The Morgan fingerprint density at radius 1 is 0.486 bits per heavy atom. The van der Waals surface area contributed by atoms with Crippen LogP contribution in [0.2, 0.25) is 0 Å². The highest BCUT2D eigenvalue weighted by Crippen LogP contribution is 2.11. The number of unbranched alkanes of at least 4 members (excludes halogenated alkanes) is 14. The number of hydrogen-bond acceptors (Lipinski definition) is 2. The molecule has 0 unspecified atom stereocenters. The molecule has 0 radical (unpaired) electrons. The van der Waals surface area contributed by atoms with Crippen LogP contribution in [-0.2, 0) is 9.53 Å². The van der Waals surface area contributed by atoms with Crippen LogP contribution in [0.25, 0.3) is 0 Å². The first-order valence-corrected chi connectivity index (χ1v) is 15.1. The van der Waals surface area contributed by atoms with Crippen molar-refractivity contribution in [2.24, 2.45) is 0 Å². The fraction of sp³-hybridized carbons (Fsp3) is 0.727. The van der Waals surface area contributed by atoms with E-state index in [0.29, 0.717) is 13.0 Å². The second kappa shape index (κ2) is 30.5. The van der Waals surface area contributed by atoms with Crippen LogP contribution in [0.3, 0.4) is 0 Å². The zero-order chi connectivity index (χ0) is 25.5. The Morgan fingerprint density at radius 2 is 0.886 bits per heavy atom. The lowest BCUT2D eigenvalue weighted by Gasteiger charge is -2.05. The summed E-state index contributed by atoms with van der Waals surface area (Å²) in [4.78, 5) is 11.8. The molecule has 0 aliphatic carbocycles. The quantitative estimate of drug-likeness (QED) is 0.0690. The molecule has 0 atom stereocenters. The summed E-state index contributed by atoms with van der Waals surface area (Å²) in [5.41, 5.74) is 0. The third kappa shape index (κ3) is 30.4. The van der Waals surface area contributed by atoms with E-state index < -0.39 is 0 Å². The van der Waals surface area contributed by atoms with Crippen molar-refractivity contribution in [3.63, 3.8) is 0 Å². The molecule has 2 nitrogen and oxygen atoms in total. The monoisotopic (exact) mass is 486 g/mol. The summed E-state index contributed by atoms with van der Waals surface area (Å²) in [5.74, 6) is -0.0343. The van der Waals surface area contributed by atoms with Gasteiger partial charge in [-0.1, -0.05) is 140 Å². The summed E-state index contributed by atoms with van der Waals surface area (Å²) >= 11 is 0. The van der Waals surface area contributed by atoms with Gasteiger partial charge in [-0.05, 0) is 51.4 Å². The molecule has 0 saturated carbocycles. The minimum Gasteiger partial charge on any atom is -0.466 e.